The van der Waals surface area contributed by atoms with Crippen LogP contribution in [0.2, 0.25) is 0 Å². The molecule has 1 aromatic rings. The molecule has 1 rings (SSSR count). The molecule has 0 fully saturated rings. The summed E-state index contributed by atoms with van der Waals surface area (Å²) in [6.45, 7) is 7.59. The van der Waals surface area contributed by atoms with Gasteiger partial charge in [0.1, 0.15) is 11.8 Å². The lowest BCUT2D eigenvalue weighted by Crippen LogP contribution is -2.47. The number of carboxylic acids is 1. The van der Waals surface area contributed by atoms with E-state index in [1.165, 1.54) is 0 Å². The van der Waals surface area contributed by atoms with E-state index < -0.39 is 25.4 Å². The molecule has 142 valence electrons. The van der Waals surface area contributed by atoms with Crippen LogP contribution in [0.1, 0.15) is 39.7 Å². The molecule has 7 heteroatoms. The van der Waals surface area contributed by atoms with E-state index >= 15 is 0 Å². The van der Waals surface area contributed by atoms with Gasteiger partial charge >= 0.3 is 13.6 Å². The second-order valence-corrected chi connectivity index (χ2v) is 8.36. The molecular formula is C18H30NO5P. The normalized spacial score (nSPS) is 14.4. The van der Waals surface area contributed by atoms with Gasteiger partial charge in [0, 0.05) is 0 Å². The van der Waals surface area contributed by atoms with E-state index in [1.54, 1.807) is 13.8 Å². The van der Waals surface area contributed by atoms with Crippen LogP contribution in [0, 0.1) is 5.92 Å². The van der Waals surface area contributed by atoms with Gasteiger partial charge in [-0.1, -0.05) is 44.2 Å². The lowest BCUT2D eigenvalue weighted by Gasteiger charge is -2.30. The summed E-state index contributed by atoms with van der Waals surface area (Å²) < 4.78 is 24.1. The maximum Gasteiger partial charge on any atom is 0.347 e. The highest BCUT2D eigenvalue weighted by atomic mass is 31.2. The Bertz CT molecular complexity index is 554. The summed E-state index contributed by atoms with van der Waals surface area (Å²) in [6, 6.07) is 8.97. The lowest BCUT2D eigenvalue weighted by molar-refractivity contribution is -0.140. The molecule has 0 aromatic heterocycles. The summed E-state index contributed by atoms with van der Waals surface area (Å²) in [6.07, 6.45) is 1.10. The van der Waals surface area contributed by atoms with Gasteiger partial charge in [0.05, 0.1) is 13.2 Å². The fourth-order valence-corrected chi connectivity index (χ4v) is 4.56. The van der Waals surface area contributed by atoms with Gasteiger partial charge in [0.15, 0.2) is 0 Å². The molecule has 0 aliphatic rings. The molecule has 2 atom stereocenters. The SMILES string of the molecule is CCOP(=O)(OCC)C(CCc1ccccc1)N[C@H](C(=O)O)C(C)C. The van der Waals surface area contributed by atoms with Gasteiger partial charge < -0.3 is 14.2 Å². The summed E-state index contributed by atoms with van der Waals surface area (Å²) in [5.74, 6) is -1.82. The summed E-state index contributed by atoms with van der Waals surface area (Å²) in [5.41, 5.74) is 1.09. The predicted octanol–water partition coefficient (Wildman–Crippen LogP) is 3.91. The number of carboxylic acid groups (broad SMARTS) is 1. The first-order valence-corrected chi connectivity index (χ1v) is 10.4. The highest BCUT2D eigenvalue weighted by Gasteiger charge is 2.38. The largest absolute Gasteiger partial charge is 0.480 e. The first kappa shape index (κ1) is 21.8. The molecule has 0 amide bonds. The van der Waals surface area contributed by atoms with Gasteiger partial charge in [-0.2, -0.15) is 0 Å². The molecule has 0 aliphatic heterocycles. The number of aryl methyl sites for hydroxylation is 1. The van der Waals surface area contributed by atoms with Gasteiger partial charge in [-0.15, -0.1) is 0 Å². The van der Waals surface area contributed by atoms with Crippen molar-refractivity contribution in [2.24, 2.45) is 5.92 Å². The number of nitrogens with one attached hydrogen (secondary N) is 1. The van der Waals surface area contributed by atoms with E-state index in [-0.39, 0.29) is 19.1 Å². The zero-order valence-electron chi connectivity index (χ0n) is 15.5. The quantitative estimate of drug-likeness (QED) is 0.542. The topological polar surface area (TPSA) is 84.9 Å². The standard InChI is InChI=1S/C18H30NO5P/c1-5-23-25(22,24-6-2)16(19-17(14(3)4)18(20)21)13-12-15-10-8-7-9-11-15/h7-11,14,16-17,19H,5-6,12-13H2,1-4H3,(H,20,21)/t16?,17-/m0/s1. The third-order valence-corrected chi connectivity index (χ3v) is 6.26. The molecule has 0 spiro atoms. The van der Waals surface area contributed by atoms with Crippen molar-refractivity contribution < 1.29 is 23.5 Å². The molecule has 25 heavy (non-hydrogen) atoms. The minimum absolute atomic E-state index is 0.159. The third-order valence-electron chi connectivity index (χ3n) is 3.85. The minimum Gasteiger partial charge on any atom is -0.480 e. The van der Waals surface area contributed by atoms with Gasteiger partial charge in [-0.3, -0.25) is 14.7 Å². The molecule has 6 nitrogen and oxygen atoms in total. The number of aliphatic carboxylic acids is 1. The molecule has 2 N–H and O–H groups in total. The van der Waals surface area contributed by atoms with E-state index in [4.69, 9.17) is 9.05 Å². The lowest BCUT2D eigenvalue weighted by atomic mass is 10.0. The molecule has 1 aromatic carbocycles. The van der Waals surface area contributed by atoms with Crippen LogP contribution in [-0.4, -0.2) is 36.1 Å². The molecule has 0 saturated carbocycles. The van der Waals surface area contributed by atoms with Gasteiger partial charge in [-0.25, -0.2) is 0 Å². The average molecular weight is 371 g/mol. The van der Waals surface area contributed by atoms with Crippen molar-refractivity contribution in [2.45, 2.75) is 52.4 Å². The first-order chi connectivity index (χ1) is 11.8. The van der Waals surface area contributed by atoms with Crippen molar-refractivity contribution in [2.75, 3.05) is 13.2 Å². The van der Waals surface area contributed by atoms with E-state index in [2.05, 4.69) is 5.32 Å². The second kappa shape index (κ2) is 10.7. The van der Waals surface area contributed by atoms with Gasteiger partial charge in [0.2, 0.25) is 0 Å². The second-order valence-electron chi connectivity index (χ2n) is 6.14. The molecule has 1 unspecified atom stereocenters. The van der Waals surface area contributed by atoms with Crippen LogP contribution in [0.5, 0.6) is 0 Å². The number of benzene rings is 1. The molecule has 0 heterocycles. The van der Waals surface area contributed by atoms with Crippen LogP contribution in [0.25, 0.3) is 0 Å². The maximum absolute atomic E-state index is 13.2. The average Bonchev–Trinajstić information content (AvgIpc) is 2.55. The van der Waals surface area contributed by atoms with Crippen LogP contribution < -0.4 is 5.32 Å². The fourth-order valence-electron chi connectivity index (χ4n) is 2.61. The van der Waals surface area contributed by atoms with Crippen LogP contribution in [0.4, 0.5) is 0 Å². The van der Waals surface area contributed by atoms with Crippen molar-refractivity contribution in [3.8, 4) is 0 Å². The highest BCUT2D eigenvalue weighted by Crippen LogP contribution is 2.53. The fraction of sp³-hybridized carbons (Fsp3) is 0.611. The summed E-state index contributed by atoms with van der Waals surface area (Å²) in [4.78, 5) is 11.6. The molecule has 0 aliphatic carbocycles. The Morgan fingerprint density at radius 1 is 1.16 bits per heavy atom. The Kier molecular flexibility index (Phi) is 9.36. The Hall–Kier alpha value is -1.20. The molecular weight excluding hydrogens is 341 g/mol. The third kappa shape index (κ3) is 6.90. The van der Waals surface area contributed by atoms with E-state index in [0.29, 0.717) is 12.8 Å². The smallest absolute Gasteiger partial charge is 0.347 e. The van der Waals surface area contributed by atoms with Crippen LogP contribution in [-0.2, 0) is 24.8 Å². The Labute approximate surface area is 150 Å². The van der Waals surface area contributed by atoms with Crippen molar-refractivity contribution in [3.63, 3.8) is 0 Å². The molecule has 0 saturated heterocycles. The van der Waals surface area contributed by atoms with E-state index in [1.807, 2.05) is 44.2 Å². The highest BCUT2D eigenvalue weighted by molar-refractivity contribution is 7.54. The zero-order valence-corrected chi connectivity index (χ0v) is 16.4. The van der Waals surface area contributed by atoms with Crippen molar-refractivity contribution in [1.29, 1.82) is 0 Å². The summed E-state index contributed by atoms with van der Waals surface area (Å²) in [5, 5.41) is 12.5. The van der Waals surface area contributed by atoms with Gasteiger partial charge in [0.25, 0.3) is 0 Å². The maximum atomic E-state index is 13.2. The van der Waals surface area contributed by atoms with Crippen molar-refractivity contribution in [1.82, 2.24) is 5.32 Å². The van der Waals surface area contributed by atoms with Crippen LogP contribution >= 0.6 is 7.60 Å². The predicted molar refractivity (Wildman–Crippen MR) is 98.8 cm³/mol. The number of carbonyl (C=O) groups is 1. The number of hydrogen-bond acceptors (Lipinski definition) is 5. The van der Waals surface area contributed by atoms with Crippen molar-refractivity contribution >= 4 is 13.6 Å². The minimum atomic E-state index is -3.47. The van der Waals surface area contributed by atoms with E-state index in [9.17, 15) is 14.5 Å². The van der Waals surface area contributed by atoms with Crippen molar-refractivity contribution in [3.05, 3.63) is 35.9 Å². The Balaban J connectivity index is 3.02. The summed E-state index contributed by atoms with van der Waals surface area (Å²) in [7, 11) is -3.47. The zero-order chi connectivity index (χ0) is 18.9. The summed E-state index contributed by atoms with van der Waals surface area (Å²) >= 11 is 0. The molecule has 0 bridgehead atoms. The first-order valence-electron chi connectivity index (χ1n) is 8.75. The monoisotopic (exact) mass is 371 g/mol. The van der Waals surface area contributed by atoms with E-state index in [0.717, 1.165) is 5.56 Å². The van der Waals surface area contributed by atoms with Crippen LogP contribution in [0.3, 0.4) is 0 Å². The number of rotatable bonds is 12. The molecule has 0 radical (unpaired) electrons. The Morgan fingerprint density at radius 3 is 2.16 bits per heavy atom. The number of hydrogen-bond donors (Lipinski definition) is 2. The van der Waals surface area contributed by atoms with Crippen LogP contribution in [0.15, 0.2) is 30.3 Å². The Morgan fingerprint density at radius 2 is 1.72 bits per heavy atom. The van der Waals surface area contributed by atoms with Gasteiger partial charge in [-0.05, 0) is 38.2 Å².